The topological polar surface area (TPSA) is 43.8 Å². The number of aryl methyl sites for hydroxylation is 2. The van der Waals surface area contributed by atoms with Crippen molar-refractivity contribution in [2.24, 2.45) is 18.7 Å². The molecule has 3 nitrogen and oxygen atoms in total. The molecule has 1 aromatic heterocycles. The average molecular weight is 261 g/mol. The van der Waals surface area contributed by atoms with Gasteiger partial charge < -0.3 is 5.73 Å². The molecule has 0 aliphatic carbocycles. The summed E-state index contributed by atoms with van der Waals surface area (Å²) in [5, 5.41) is 4.14. The van der Waals surface area contributed by atoms with Crippen molar-refractivity contribution in [3.63, 3.8) is 0 Å². The second-order valence-corrected chi connectivity index (χ2v) is 4.88. The average Bonchev–Trinajstić information content (AvgIpc) is 2.82. The lowest BCUT2D eigenvalue weighted by Gasteiger charge is -2.15. The molecule has 0 saturated heterocycles. The van der Waals surface area contributed by atoms with E-state index < -0.39 is 0 Å². The summed E-state index contributed by atoms with van der Waals surface area (Å²) < 4.78 is 15.5. The number of nitrogens with two attached hydrogens (primary N) is 1. The molecule has 0 bridgehead atoms. The highest BCUT2D eigenvalue weighted by atomic mass is 19.1. The zero-order chi connectivity index (χ0) is 13.7. The summed E-state index contributed by atoms with van der Waals surface area (Å²) >= 11 is 0. The highest BCUT2D eigenvalue weighted by Gasteiger charge is 2.12. The third-order valence-corrected chi connectivity index (χ3v) is 3.53. The van der Waals surface area contributed by atoms with Crippen molar-refractivity contribution in [1.29, 1.82) is 0 Å². The van der Waals surface area contributed by atoms with E-state index in [1.54, 1.807) is 12.3 Å². The van der Waals surface area contributed by atoms with Crippen LogP contribution in [0.25, 0.3) is 0 Å². The van der Waals surface area contributed by atoms with Gasteiger partial charge in [-0.1, -0.05) is 18.2 Å². The van der Waals surface area contributed by atoms with Gasteiger partial charge in [0.1, 0.15) is 5.82 Å². The Morgan fingerprint density at radius 3 is 2.74 bits per heavy atom. The summed E-state index contributed by atoms with van der Waals surface area (Å²) in [6.07, 6.45) is 4.36. The smallest absolute Gasteiger partial charge is 0.126 e. The number of nitrogens with zero attached hydrogens (tertiary/aromatic N) is 2. The Kier molecular flexibility index (Phi) is 4.68. The maximum atomic E-state index is 13.6. The molecule has 1 atom stereocenters. The van der Waals surface area contributed by atoms with Crippen LogP contribution < -0.4 is 5.73 Å². The van der Waals surface area contributed by atoms with E-state index in [-0.39, 0.29) is 5.82 Å². The van der Waals surface area contributed by atoms with Crippen LogP contribution in [0.3, 0.4) is 0 Å². The first-order valence-corrected chi connectivity index (χ1v) is 6.61. The van der Waals surface area contributed by atoms with Crippen molar-refractivity contribution in [2.45, 2.75) is 19.3 Å². The largest absolute Gasteiger partial charge is 0.330 e. The van der Waals surface area contributed by atoms with Crippen LogP contribution in [0.4, 0.5) is 4.39 Å². The van der Waals surface area contributed by atoms with Crippen LogP contribution >= 0.6 is 0 Å². The van der Waals surface area contributed by atoms with E-state index >= 15 is 0 Å². The Bertz CT molecular complexity index is 522. The van der Waals surface area contributed by atoms with Crippen molar-refractivity contribution in [3.05, 3.63) is 53.6 Å². The minimum absolute atomic E-state index is 0.138. The highest BCUT2D eigenvalue weighted by Crippen LogP contribution is 2.16. The molecule has 0 amide bonds. The van der Waals surface area contributed by atoms with Crippen LogP contribution in [0.1, 0.15) is 17.7 Å². The number of hydrogen-bond donors (Lipinski definition) is 1. The normalized spacial score (nSPS) is 12.6. The third-order valence-electron chi connectivity index (χ3n) is 3.53. The number of aromatic nitrogens is 2. The summed E-state index contributed by atoms with van der Waals surface area (Å²) in [4.78, 5) is 0. The van der Waals surface area contributed by atoms with E-state index in [1.807, 2.05) is 29.9 Å². The van der Waals surface area contributed by atoms with E-state index in [0.717, 1.165) is 18.4 Å². The second-order valence-electron chi connectivity index (χ2n) is 4.88. The van der Waals surface area contributed by atoms with Gasteiger partial charge in [-0.2, -0.15) is 5.10 Å². The van der Waals surface area contributed by atoms with E-state index in [1.165, 1.54) is 11.8 Å². The summed E-state index contributed by atoms with van der Waals surface area (Å²) in [5.74, 6) is 0.160. The summed E-state index contributed by atoms with van der Waals surface area (Å²) in [7, 11) is 1.93. The third kappa shape index (κ3) is 3.64. The van der Waals surface area contributed by atoms with E-state index in [2.05, 4.69) is 5.10 Å². The number of rotatable bonds is 6. The Labute approximate surface area is 113 Å². The van der Waals surface area contributed by atoms with Crippen molar-refractivity contribution < 1.29 is 4.39 Å². The van der Waals surface area contributed by atoms with Crippen LogP contribution in [0, 0.1) is 11.7 Å². The molecule has 0 aliphatic heterocycles. The predicted octanol–water partition coefficient (Wildman–Crippen LogP) is 2.31. The van der Waals surface area contributed by atoms with Gasteiger partial charge in [-0.3, -0.25) is 4.68 Å². The lowest BCUT2D eigenvalue weighted by atomic mass is 9.94. The molecule has 2 rings (SSSR count). The molecular formula is C15H20FN3. The van der Waals surface area contributed by atoms with Crippen molar-refractivity contribution in [2.75, 3.05) is 6.54 Å². The Balaban J connectivity index is 1.94. The number of hydrogen-bond acceptors (Lipinski definition) is 2. The Morgan fingerprint density at radius 1 is 1.32 bits per heavy atom. The summed E-state index contributed by atoms with van der Waals surface area (Å²) in [6.45, 7) is 0.576. The molecule has 4 heteroatoms. The lowest BCUT2D eigenvalue weighted by molar-refractivity contribution is 0.473. The second kappa shape index (κ2) is 6.48. The first-order valence-electron chi connectivity index (χ1n) is 6.61. The van der Waals surface area contributed by atoms with Crippen molar-refractivity contribution in [3.8, 4) is 0 Å². The van der Waals surface area contributed by atoms with Crippen molar-refractivity contribution >= 4 is 0 Å². The minimum Gasteiger partial charge on any atom is -0.330 e. The van der Waals surface area contributed by atoms with E-state index in [0.29, 0.717) is 18.9 Å². The van der Waals surface area contributed by atoms with Crippen LogP contribution in [-0.4, -0.2) is 16.3 Å². The van der Waals surface area contributed by atoms with Crippen LogP contribution in [-0.2, 0) is 19.9 Å². The fourth-order valence-corrected chi connectivity index (χ4v) is 2.28. The van der Waals surface area contributed by atoms with Crippen LogP contribution in [0.5, 0.6) is 0 Å². The molecule has 102 valence electrons. The molecule has 19 heavy (non-hydrogen) atoms. The van der Waals surface area contributed by atoms with Gasteiger partial charge in [-0.25, -0.2) is 4.39 Å². The predicted molar refractivity (Wildman–Crippen MR) is 74.2 cm³/mol. The molecule has 0 spiro atoms. The molecular weight excluding hydrogens is 241 g/mol. The maximum absolute atomic E-state index is 13.6. The summed E-state index contributed by atoms with van der Waals surface area (Å²) in [5.41, 5.74) is 7.74. The SMILES string of the molecule is Cn1nccc1CCC(CN)Cc1ccccc1F. The monoisotopic (exact) mass is 261 g/mol. The van der Waals surface area contributed by atoms with Gasteiger partial charge in [0.2, 0.25) is 0 Å². The first-order chi connectivity index (χ1) is 9.20. The number of benzene rings is 1. The fourth-order valence-electron chi connectivity index (χ4n) is 2.28. The highest BCUT2D eigenvalue weighted by molar-refractivity contribution is 5.18. The van der Waals surface area contributed by atoms with Crippen LogP contribution in [0.2, 0.25) is 0 Å². The van der Waals surface area contributed by atoms with Gasteiger partial charge in [-0.15, -0.1) is 0 Å². The molecule has 1 aromatic carbocycles. The quantitative estimate of drug-likeness (QED) is 0.867. The van der Waals surface area contributed by atoms with Gasteiger partial charge in [0.05, 0.1) is 0 Å². The van der Waals surface area contributed by atoms with Crippen molar-refractivity contribution in [1.82, 2.24) is 9.78 Å². The van der Waals surface area contributed by atoms with E-state index in [4.69, 9.17) is 5.73 Å². The van der Waals surface area contributed by atoms with Gasteiger partial charge in [0, 0.05) is 18.9 Å². The summed E-state index contributed by atoms with van der Waals surface area (Å²) in [6, 6.07) is 8.93. The standard InChI is InChI=1S/C15H20FN3/c1-19-14(8-9-18-19)7-6-12(11-17)10-13-4-2-3-5-15(13)16/h2-5,8-9,12H,6-7,10-11,17H2,1H3. The van der Waals surface area contributed by atoms with Gasteiger partial charge >= 0.3 is 0 Å². The molecule has 0 aliphatic rings. The molecule has 1 heterocycles. The Hall–Kier alpha value is -1.68. The lowest BCUT2D eigenvalue weighted by Crippen LogP contribution is -2.18. The molecule has 2 N–H and O–H groups in total. The number of halogens is 1. The Morgan fingerprint density at radius 2 is 2.11 bits per heavy atom. The zero-order valence-corrected chi connectivity index (χ0v) is 11.2. The fraction of sp³-hybridized carbons (Fsp3) is 0.400. The zero-order valence-electron chi connectivity index (χ0n) is 11.2. The van der Waals surface area contributed by atoms with Gasteiger partial charge in [0.25, 0.3) is 0 Å². The molecule has 0 radical (unpaired) electrons. The molecule has 1 unspecified atom stereocenters. The minimum atomic E-state index is -0.138. The van der Waals surface area contributed by atoms with E-state index in [9.17, 15) is 4.39 Å². The molecule has 2 aromatic rings. The van der Waals surface area contributed by atoms with Gasteiger partial charge in [0.15, 0.2) is 0 Å². The van der Waals surface area contributed by atoms with Gasteiger partial charge in [-0.05, 0) is 49.4 Å². The van der Waals surface area contributed by atoms with Crippen LogP contribution in [0.15, 0.2) is 36.5 Å². The first kappa shape index (κ1) is 13.7. The molecule has 0 fully saturated rings. The maximum Gasteiger partial charge on any atom is 0.126 e. The molecule has 0 saturated carbocycles.